The number of nitrogens with one attached hydrogen (secondary N) is 1. The maximum Gasteiger partial charge on any atom is 0.338 e. The van der Waals surface area contributed by atoms with Crippen molar-refractivity contribution in [1.29, 1.82) is 0 Å². The van der Waals surface area contributed by atoms with Gasteiger partial charge in [0, 0.05) is 6.04 Å². The maximum atomic E-state index is 12.3. The Morgan fingerprint density at radius 2 is 1.85 bits per heavy atom. The molecule has 0 heterocycles. The Hall–Kier alpha value is -0.820. The van der Waals surface area contributed by atoms with Crippen LogP contribution in [-0.4, -0.2) is 25.5 Å². The monoisotopic (exact) mass is 337 g/mol. The van der Waals surface area contributed by atoms with E-state index in [2.05, 4.69) is 4.72 Å². The Morgan fingerprint density at radius 3 is 2.40 bits per heavy atom. The first-order valence-corrected chi connectivity index (χ1v) is 8.30. The molecule has 1 fully saturated rings. The van der Waals surface area contributed by atoms with E-state index < -0.39 is 21.6 Å². The van der Waals surface area contributed by atoms with Crippen molar-refractivity contribution in [2.45, 2.75) is 36.6 Å². The molecule has 8 heteroatoms. The van der Waals surface area contributed by atoms with Crippen LogP contribution >= 0.6 is 23.2 Å². The van der Waals surface area contributed by atoms with E-state index in [4.69, 9.17) is 28.3 Å². The van der Waals surface area contributed by atoms with Crippen LogP contribution in [0.3, 0.4) is 0 Å². The number of benzene rings is 1. The van der Waals surface area contributed by atoms with Crippen LogP contribution in [0.5, 0.6) is 0 Å². The molecule has 5 nitrogen and oxygen atoms in total. The smallest absolute Gasteiger partial charge is 0.338 e. The van der Waals surface area contributed by atoms with Crippen LogP contribution in [0.1, 0.15) is 36.0 Å². The number of hydrogen-bond donors (Lipinski definition) is 2. The number of hydrogen-bond acceptors (Lipinski definition) is 3. The molecule has 0 unspecified atom stereocenters. The molecule has 0 bridgehead atoms. The molecule has 1 aliphatic rings. The molecule has 20 heavy (non-hydrogen) atoms. The SMILES string of the molecule is O=C(O)c1c(Cl)ccc(S(=O)(=O)NC2CCCC2)c1Cl. The van der Waals surface area contributed by atoms with Crippen molar-refractivity contribution in [3.8, 4) is 0 Å². The number of carboxylic acid groups (broad SMARTS) is 1. The average Bonchev–Trinajstić information content (AvgIpc) is 2.79. The number of carbonyl (C=O) groups is 1. The van der Waals surface area contributed by atoms with E-state index in [1.54, 1.807) is 0 Å². The van der Waals surface area contributed by atoms with Gasteiger partial charge in [0.15, 0.2) is 0 Å². The number of rotatable bonds is 4. The molecule has 1 aliphatic carbocycles. The summed E-state index contributed by atoms with van der Waals surface area (Å²) in [6, 6.07) is 2.31. The van der Waals surface area contributed by atoms with Gasteiger partial charge in [0.1, 0.15) is 4.90 Å². The van der Waals surface area contributed by atoms with Gasteiger partial charge in [0.25, 0.3) is 0 Å². The summed E-state index contributed by atoms with van der Waals surface area (Å²) in [6.45, 7) is 0. The first-order chi connectivity index (χ1) is 9.33. The van der Waals surface area contributed by atoms with Gasteiger partial charge in [-0.1, -0.05) is 36.0 Å². The van der Waals surface area contributed by atoms with E-state index in [9.17, 15) is 13.2 Å². The third-order valence-corrected chi connectivity index (χ3v) is 5.62. The standard InChI is InChI=1S/C12H13Cl2NO4S/c13-8-5-6-9(11(14)10(8)12(16)17)20(18,19)15-7-3-1-2-4-7/h5-7,15H,1-4H2,(H,16,17). The number of carboxylic acids is 1. The molecule has 0 amide bonds. The van der Waals surface area contributed by atoms with Gasteiger partial charge in [-0.15, -0.1) is 0 Å². The predicted molar refractivity (Wildman–Crippen MR) is 76.0 cm³/mol. The highest BCUT2D eigenvalue weighted by Gasteiger charge is 2.28. The summed E-state index contributed by atoms with van der Waals surface area (Å²) in [4.78, 5) is 10.8. The van der Waals surface area contributed by atoms with E-state index in [0.29, 0.717) is 0 Å². The van der Waals surface area contributed by atoms with Crippen molar-refractivity contribution in [3.05, 3.63) is 27.7 Å². The lowest BCUT2D eigenvalue weighted by molar-refractivity contribution is 0.0697. The minimum Gasteiger partial charge on any atom is -0.478 e. The van der Waals surface area contributed by atoms with Crippen molar-refractivity contribution in [3.63, 3.8) is 0 Å². The Balaban J connectivity index is 2.41. The Bertz CT molecular complexity index is 639. The number of aromatic carboxylic acids is 1. The average molecular weight is 338 g/mol. The lowest BCUT2D eigenvalue weighted by Gasteiger charge is -2.14. The maximum absolute atomic E-state index is 12.3. The lowest BCUT2D eigenvalue weighted by Crippen LogP contribution is -2.33. The number of halogens is 2. The van der Waals surface area contributed by atoms with Gasteiger partial charge in [-0.25, -0.2) is 17.9 Å². The summed E-state index contributed by atoms with van der Waals surface area (Å²) in [5.41, 5.74) is -0.400. The summed E-state index contributed by atoms with van der Waals surface area (Å²) < 4.78 is 27.1. The second-order valence-corrected chi connectivity index (χ2v) is 7.11. The van der Waals surface area contributed by atoms with Crippen LogP contribution in [0.2, 0.25) is 10.0 Å². The van der Waals surface area contributed by atoms with E-state index in [-0.39, 0.29) is 21.0 Å². The molecule has 2 rings (SSSR count). The van der Waals surface area contributed by atoms with Crippen molar-refractivity contribution >= 4 is 39.2 Å². The molecule has 0 aromatic heterocycles. The van der Waals surface area contributed by atoms with Crippen molar-refractivity contribution in [1.82, 2.24) is 4.72 Å². The van der Waals surface area contributed by atoms with E-state index in [1.165, 1.54) is 12.1 Å². The number of sulfonamides is 1. The highest BCUT2D eigenvalue weighted by molar-refractivity contribution is 7.89. The molecule has 0 saturated heterocycles. The van der Waals surface area contributed by atoms with Crippen LogP contribution in [-0.2, 0) is 10.0 Å². The van der Waals surface area contributed by atoms with E-state index >= 15 is 0 Å². The van der Waals surface area contributed by atoms with Gasteiger partial charge in [0.2, 0.25) is 10.0 Å². The molecule has 0 radical (unpaired) electrons. The molecular formula is C12H13Cl2NO4S. The van der Waals surface area contributed by atoms with Crippen molar-refractivity contribution < 1.29 is 18.3 Å². The van der Waals surface area contributed by atoms with Gasteiger partial charge in [-0.3, -0.25) is 0 Å². The molecule has 0 aliphatic heterocycles. The van der Waals surface area contributed by atoms with Crippen molar-refractivity contribution in [2.75, 3.05) is 0 Å². The summed E-state index contributed by atoms with van der Waals surface area (Å²) in [6.07, 6.45) is 3.50. The summed E-state index contributed by atoms with van der Waals surface area (Å²) >= 11 is 11.6. The van der Waals surface area contributed by atoms with E-state index in [0.717, 1.165) is 25.7 Å². The molecule has 1 aromatic rings. The quantitative estimate of drug-likeness (QED) is 0.884. The fourth-order valence-electron chi connectivity index (χ4n) is 2.26. The molecule has 0 spiro atoms. The fraction of sp³-hybridized carbons (Fsp3) is 0.417. The van der Waals surface area contributed by atoms with Gasteiger partial charge in [-0.05, 0) is 25.0 Å². The predicted octanol–water partition coefficient (Wildman–Crippen LogP) is 2.91. The molecule has 0 atom stereocenters. The van der Waals surface area contributed by atoms with Gasteiger partial charge in [-0.2, -0.15) is 0 Å². The summed E-state index contributed by atoms with van der Waals surface area (Å²) in [7, 11) is -3.85. The molecule has 2 N–H and O–H groups in total. The Kier molecular flexibility index (Phi) is 4.59. The Morgan fingerprint density at radius 1 is 1.25 bits per heavy atom. The fourth-order valence-corrected chi connectivity index (χ4v) is 4.49. The van der Waals surface area contributed by atoms with E-state index in [1.807, 2.05) is 0 Å². The van der Waals surface area contributed by atoms with Crippen LogP contribution < -0.4 is 4.72 Å². The topological polar surface area (TPSA) is 83.5 Å². The summed E-state index contributed by atoms with van der Waals surface area (Å²) in [5, 5.41) is 8.58. The van der Waals surface area contributed by atoms with Crippen LogP contribution in [0.15, 0.2) is 17.0 Å². The Labute approximate surface area is 126 Å². The zero-order chi connectivity index (χ0) is 14.9. The molecule has 110 valence electrons. The first-order valence-electron chi connectivity index (χ1n) is 6.06. The van der Waals surface area contributed by atoms with Crippen LogP contribution in [0.25, 0.3) is 0 Å². The van der Waals surface area contributed by atoms with Gasteiger partial charge in [0.05, 0.1) is 15.6 Å². The normalized spacial score (nSPS) is 16.5. The molecular weight excluding hydrogens is 325 g/mol. The highest BCUT2D eigenvalue weighted by atomic mass is 35.5. The zero-order valence-electron chi connectivity index (χ0n) is 10.4. The van der Waals surface area contributed by atoms with Crippen molar-refractivity contribution in [2.24, 2.45) is 0 Å². The van der Waals surface area contributed by atoms with Gasteiger partial charge < -0.3 is 5.11 Å². The molecule has 1 aromatic carbocycles. The highest BCUT2D eigenvalue weighted by Crippen LogP contribution is 2.31. The minimum atomic E-state index is -3.85. The second-order valence-electron chi connectivity index (χ2n) is 4.64. The summed E-state index contributed by atoms with van der Waals surface area (Å²) in [5.74, 6) is -1.36. The van der Waals surface area contributed by atoms with Crippen LogP contribution in [0, 0.1) is 0 Å². The minimum absolute atomic E-state index is 0.0951. The lowest BCUT2D eigenvalue weighted by atomic mass is 10.2. The third-order valence-electron chi connectivity index (χ3n) is 3.24. The van der Waals surface area contributed by atoms with Gasteiger partial charge >= 0.3 is 5.97 Å². The second kappa shape index (κ2) is 5.89. The van der Waals surface area contributed by atoms with Crippen LogP contribution in [0.4, 0.5) is 0 Å². The molecule has 1 saturated carbocycles. The first kappa shape index (κ1) is 15.6. The third kappa shape index (κ3) is 3.09. The largest absolute Gasteiger partial charge is 0.478 e. The zero-order valence-corrected chi connectivity index (χ0v) is 12.7.